The minimum absolute atomic E-state index is 0.0339. The summed E-state index contributed by atoms with van der Waals surface area (Å²) in [6.45, 7) is 4.62. The van der Waals surface area contributed by atoms with Crippen molar-refractivity contribution in [3.8, 4) is 0 Å². The van der Waals surface area contributed by atoms with Gasteiger partial charge in [0.2, 0.25) is 0 Å². The van der Waals surface area contributed by atoms with E-state index in [1.165, 1.54) is 109 Å². The van der Waals surface area contributed by atoms with Gasteiger partial charge in [0.15, 0.2) is 12.2 Å². The molecular formula is C83H144O17P2. The number of aliphatic hydroxyl groups excluding tert-OH is 1. The first-order chi connectivity index (χ1) is 49.7. The van der Waals surface area contributed by atoms with Gasteiger partial charge in [0, 0.05) is 25.7 Å². The molecule has 0 fully saturated rings. The highest BCUT2D eigenvalue weighted by Crippen LogP contribution is 2.45. The van der Waals surface area contributed by atoms with Crippen LogP contribution in [0.2, 0.25) is 0 Å². The van der Waals surface area contributed by atoms with E-state index in [9.17, 15) is 43.2 Å². The van der Waals surface area contributed by atoms with Gasteiger partial charge in [-0.3, -0.25) is 37.3 Å². The largest absolute Gasteiger partial charge is 0.472 e. The van der Waals surface area contributed by atoms with Crippen LogP contribution in [0.5, 0.6) is 0 Å². The number of hydrogen-bond donors (Lipinski definition) is 3. The van der Waals surface area contributed by atoms with Gasteiger partial charge in [-0.2, -0.15) is 0 Å². The van der Waals surface area contributed by atoms with Crippen molar-refractivity contribution in [1.82, 2.24) is 0 Å². The molecule has 17 nitrogen and oxygen atoms in total. The van der Waals surface area contributed by atoms with E-state index in [-0.39, 0.29) is 25.7 Å². The van der Waals surface area contributed by atoms with Crippen LogP contribution in [-0.2, 0) is 65.4 Å². The predicted molar refractivity (Wildman–Crippen MR) is 418 cm³/mol. The second kappa shape index (κ2) is 75.0. The normalized spacial score (nSPS) is 14.5. The number of allylic oxidation sites excluding steroid dienone is 18. The Morgan fingerprint density at radius 1 is 0.284 bits per heavy atom. The zero-order valence-electron chi connectivity index (χ0n) is 64.3. The van der Waals surface area contributed by atoms with Gasteiger partial charge < -0.3 is 33.8 Å². The quantitative estimate of drug-likeness (QED) is 0.0169. The molecule has 3 N–H and O–H groups in total. The topological polar surface area (TPSA) is 237 Å². The Bertz CT molecular complexity index is 2360. The molecule has 588 valence electrons. The van der Waals surface area contributed by atoms with E-state index in [0.29, 0.717) is 32.1 Å². The van der Waals surface area contributed by atoms with Gasteiger partial charge in [0.25, 0.3) is 0 Å². The number of carbonyl (C=O) groups is 4. The van der Waals surface area contributed by atoms with Gasteiger partial charge in [-0.05, 0) is 116 Å². The van der Waals surface area contributed by atoms with Crippen LogP contribution in [0.3, 0.4) is 0 Å². The van der Waals surface area contributed by atoms with Crippen LogP contribution in [0.25, 0.3) is 0 Å². The van der Waals surface area contributed by atoms with Gasteiger partial charge in [-0.15, -0.1) is 0 Å². The summed E-state index contributed by atoms with van der Waals surface area (Å²) in [6, 6.07) is 0. The summed E-state index contributed by atoms with van der Waals surface area (Å²) in [5, 5.41) is 10.6. The van der Waals surface area contributed by atoms with Crippen molar-refractivity contribution in [2.45, 2.75) is 354 Å². The zero-order chi connectivity index (χ0) is 74.6. The minimum atomic E-state index is -5.00. The van der Waals surface area contributed by atoms with E-state index >= 15 is 0 Å². The molecule has 0 heterocycles. The van der Waals surface area contributed by atoms with Gasteiger partial charge in [0.05, 0.1) is 26.4 Å². The first-order valence-corrected chi connectivity index (χ1v) is 43.1. The standard InChI is InChI=1S/C83H144O17P2/c1-5-9-13-17-21-25-29-33-36-37-38-39-42-45-48-52-56-60-64-68-81(86)94-74-79(100-83(88)70-66-62-58-54-50-46-41-35-31-27-23-19-15-11-7-3)76-98-102(91,92)96-72-77(84)71-95-101(89,90)97-75-78(99-82(87)69-65-61-57-53-49-43-32-28-24-20-16-12-8-4)73-93-80(85)67-63-59-55-51-47-44-40-34-30-26-22-18-14-10-6-2/h9,13,16,20-21,25,28,32-33,35-36,38-39,41,45,48,56,60,77-79,84H,5-8,10-12,14-15,17-19,22-24,26-27,29-31,34,37,40,42-44,46-47,49-55,57-59,61-76H2,1-4H3,(H,89,90)(H,91,92)/b13-9-,20-16-,25-21-,32-28-,36-33-,39-38-,41-35-,48-45-,60-56-. The number of hydrogen-bond acceptors (Lipinski definition) is 15. The molecule has 0 aliphatic carbocycles. The maximum absolute atomic E-state index is 13.1. The van der Waals surface area contributed by atoms with Crippen molar-refractivity contribution in [2.75, 3.05) is 39.6 Å². The van der Waals surface area contributed by atoms with Crippen LogP contribution < -0.4 is 0 Å². The third-order valence-corrected chi connectivity index (χ3v) is 18.6. The van der Waals surface area contributed by atoms with E-state index in [2.05, 4.69) is 119 Å². The molecule has 0 radical (unpaired) electrons. The Labute approximate surface area is 619 Å². The maximum atomic E-state index is 13.1. The summed E-state index contributed by atoms with van der Waals surface area (Å²) in [4.78, 5) is 73.0. The molecule has 0 aliphatic rings. The van der Waals surface area contributed by atoms with Crippen LogP contribution in [0.1, 0.15) is 336 Å². The molecule has 5 atom stereocenters. The van der Waals surface area contributed by atoms with Crippen molar-refractivity contribution < 1.29 is 80.2 Å². The molecule has 19 heteroatoms. The number of unbranched alkanes of at least 4 members (excludes halogenated alkanes) is 31. The third kappa shape index (κ3) is 74.0. The predicted octanol–water partition coefficient (Wildman–Crippen LogP) is 23.3. The van der Waals surface area contributed by atoms with Crippen LogP contribution in [-0.4, -0.2) is 96.7 Å². The van der Waals surface area contributed by atoms with Crippen molar-refractivity contribution in [1.29, 1.82) is 0 Å². The highest BCUT2D eigenvalue weighted by atomic mass is 31.2. The number of rotatable bonds is 75. The summed E-state index contributed by atoms with van der Waals surface area (Å²) in [6.07, 6.45) is 80.8. The molecule has 0 aromatic heterocycles. The molecule has 0 rings (SSSR count). The van der Waals surface area contributed by atoms with E-state index in [1.54, 1.807) is 0 Å². The molecular weight excluding hydrogens is 1330 g/mol. The monoisotopic (exact) mass is 1470 g/mol. The van der Waals surface area contributed by atoms with E-state index in [4.69, 9.17) is 37.0 Å². The summed E-state index contributed by atoms with van der Waals surface area (Å²) in [7, 11) is -9.98. The molecule has 0 saturated carbocycles. The summed E-state index contributed by atoms with van der Waals surface area (Å²) in [5.41, 5.74) is 0. The SMILES string of the molecule is CC/C=C\C/C=C\C/C=C\C/C=C\C/C=C\C/C=C\CCC(=O)OCC(COP(=O)(O)OCC(O)COP(=O)(O)OCC(COC(=O)CCCCCCCCCCCCCCCCC)OC(=O)CCCCCCC/C=C\C/C=C\CCC)OC(=O)CCCCCCC/C=C\CCCCCCCC. The van der Waals surface area contributed by atoms with Crippen LogP contribution in [0.4, 0.5) is 0 Å². The summed E-state index contributed by atoms with van der Waals surface area (Å²) >= 11 is 0. The van der Waals surface area contributed by atoms with Crippen LogP contribution in [0, 0.1) is 0 Å². The average molecular weight is 1480 g/mol. The lowest BCUT2D eigenvalue weighted by Crippen LogP contribution is -2.30. The number of esters is 4. The number of phosphoric acid groups is 2. The smallest absolute Gasteiger partial charge is 0.462 e. The average Bonchev–Trinajstić information content (AvgIpc) is 0.924. The summed E-state index contributed by atoms with van der Waals surface area (Å²) in [5.74, 6) is -2.28. The molecule has 0 bridgehead atoms. The Kier molecular flexibility index (Phi) is 71.8. The number of phosphoric ester groups is 2. The molecule has 0 aromatic carbocycles. The first kappa shape index (κ1) is 97.7. The van der Waals surface area contributed by atoms with Crippen molar-refractivity contribution in [2.24, 2.45) is 0 Å². The van der Waals surface area contributed by atoms with Crippen LogP contribution in [0.15, 0.2) is 109 Å². The van der Waals surface area contributed by atoms with Crippen molar-refractivity contribution in [3.63, 3.8) is 0 Å². The highest BCUT2D eigenvalue weighted by molar-refractivity contribution is 7.47. The van der Waals surface area contributed by atoms with Crippen LogP contribution >= 0.6 is 15.6 Å². The first-order valence-electron chi connectivity index (χ1n) is 40.1. The van der Waals surface area contributed by atoms with Gasteiger partial charge in [-0.25, -0.2) is 9.13 Å². The molecule has 0 spiro atoms. The fraction of sp³-hybridized carbons (Fsp3) is 0.735. The maximum Gasteiger partial charge on any atom is 0.472 e. The lowest BCUT2D eigenvalue weighted by atomic mass is 10.0. The fourth-order valence-electron chi connectivity index (χ4n) is 10.6. The number of ether oxygens (including phenoxy) is 4. The van der Waals surface area contributed by atoms with E-state index in [0.717, 1.165) is 141 Å². The minimum Gasteiger partial charge on any atom is -0.462 e. The lowest BCUT2D eigenvalue weighted by Gasteiger charge is -2.21. The number of carbonyl (C=O) groups excluding carboxylic acids is 4. The van der Waals surface area contributed by atoms with Gasteiger partial charge >= 0.3 is 39.5 Å². The molecule has 0 aromatic rings. The molecule has 102 heavy (non-hydrogen) atoms. The van der Waals surface area contributed by atoms with Crippen molar-refractivity contribution in [3.05, 3.63) is 109 Å². The Morgan fingerprint density at radius 2 is 0.549 bits per heavy atom. The van der Waals surface area contributed by atoms with Gasteiger partial charge in [-0.1, -0.05) is 304 Å². The molecule has 0 amide bonds. The molecule has 5 unspecified atom stereocenters. The van der Waals surface area contributed by atoms with E-state index < -0.39 is 97.5 Å². The summed E-state index contributed by atoms with van der Waals surface area (Å²) < 4.78 is 68.5. The molecule has 0 saturated heterocycles. The van der Waals surface area contributed by atoms with Gasteiger partial charge in [0.1, 0.15) is 19.3 Å². The zero-order valence-corrected chi connectivity index (χ0v) is 66.0. The fourth-order valence-corrected chi connectivity index (χ4v) is 12.2. The number of aliphatic hydroxyl groups is 1. The van der Waals surface area contributed by atoms with E-state index in [1.807, 2.05) is 18.2 Å². The second-order valence-electron chi connectivity index (χ2n) is 26.6. The Morgan fingerprint density at radius 3 is 0.892 bits per heavy atom. The second-order valence-corrected chi connectivity index (χ2v) is 29.5. The highest BCUT2D eigenvalue weighted by Gasteiger charge is 2.30. The Balaban J connectivity index is 5.41. The molecule has 0 aliphatic heterocycles. The Hall–Kier alpha value is -4.28. The van der Waals surface area contributed by atoms with Crippen molar-refractivity contribution >= 4 is 39.5 Å². The third-order valence-electron chi connectivity index (χ3n) is 16.7. The lowest BCUT2D eigenvalue weighted by molar-refractivity contribution is -0.161.